The van der Waals surface area contributed by atoms with Crippen molar-refractivity contribution in [2.24, 2.45) is 0 Å². The number of nitrogens with one attached hydrogen (secondary N) is 1. The molecule has 0 fully saturated rings. The highest BCUT2D eigenvalue weighted by Crippen LogP contribution is 2.09. The molecule has 0 saturated heterocycles. The number of carbonyl (C=O) groups is 1. The molecular formula is C12H16N2O2. The number of hydrogen-bond acceptors (Lipinski definition) is 3. The summed E-state index contributed by atoms with van der Waals surface area (Å²) in [5.74, 6) is -0.123. The van der Waals surface area contributed by atoms with Crippen molar-refractivity contribution in [2.75, 3.05) is 20.3 Å². The van der Waals surface area contributed by atoms with Crippen LogP contribution in [0, 0.1) is 0 Å². The molecule has 4 nitrogen and oxygen atoms in total. The molecule has 16 heavy (non-hydrogen) atoms. The van der Waals surface area contributed by atoms with E-state index in [4.69, 9.17) is 4.74 Å². The number of rotatable bonds is 5. The minimum Gasteiger partial charge on any atom is -0.383 e. The number of methoxy groups -OCH3 is 1. The Morgan fingerprint density at radius 3 is 3.00 bits per heavy atom. The van der Waals surface area contributed by atoms with Gasteiger partial charge in [0.1, 0.15) is 0 Å². The SMILES string of the molecule is C=C(C)c1cc(C(=O)NCCOC)ccn1. The van der Waals surface area contributed by atoms with Crippen LogP contribution in [0.5, 0.6) is 0 Å². The van der Waals surface area contributed by atoms with E-state index in [0.29, 0.717) is 18.7 Å². The van der Waals surface area contributed by atoms with Crippen LogP contribution in [0.15, 0.2) is 24.9 Å². The van der Waals surface area contributed by atoms with Crippen LogP contribution >= 0.6 is 0 Å². The first kappa shape index (κ1) is 12.4. The summed E-state index contributed by atoms with van der Waals surface area (Å²) in [6, 6.07) is 3.40. The molecule has 86 valence electrons. The van der Waals surface area contributed by atoms with Crippen molar-refractivity contribution in [3.05, 3.63) is 36.2 Å². The lowest BCUT2D eigenvalue weighted by atomic mass is 10.1. The van der Waals surface area contributed by atoms with Gasteiger partial charge in [-0.1, -0.05) is 6.58 Å². The van der Waals surface area contributed by atoms with E-state index in [-0.39, 0.29) is 5.91 Å². The summed E-state index contributed by atoms with van der Waals surface area (Å²) in [5.41, 5.74) is 2.16. The van der Waals surface area contributed by atoms with Gasteiger partial charge >= 0.3 is 0 Å². The molecule has 0 aromatic carbocycles. The van der Waals surface area contributed by atoms with Crippen molar-refractivity contribution in [3.8, 4) is 0 Å². The Morgan fingerprint density at radius 1 is 1.62 bits per heavy atom. The predicted octanol–water partition coefficient (Wildman–Crippen LogP) is 1.49. The smallest absolute Gasteiger partial charge is 0.251 e. The lowest BCUT2D eigenvalue weighted by molar-refractivity contribution is 0.0937. The molecule has 0 atom stereocenters. The lowest BCUT2D eigenvalue weighted by Gasteiger charge is -2.05. The number of ether oxygens (including phenoxy) is 1. The maximum atomic E-state index is 11.7. The molecule has 0 spiro atoms. The largest absolute Gasteiger partial charge is 0.383 e. The van der Waals surface area contributed by atoms with Crippen LogP contribution in [-0.2, 0) is 4.74 Å². The summed E-state index contributed by atoms with van der Waals surface area (Å²) in [6.45, 7) is 6.65. The highest BCUT2D eigenvalue weighted by molar-refractivity contribution is 5.94. The zero-order valence-corrected chi connectivity index (χ0v) is 9.62. The fourth-order valence-corrected chi connectivity index (χ4v) is 1.17. The number of hydrogen-bond donors (Lipinski definition) is 1. The van der Waals surface area contributed by atoms with Crippen LogP contribution in [-0.4, -0.2) is 31.2 Å². The van der Waals surface area contributed by atoms with Crippen LogP contribution in [0.25, 0.3) is 5.57 Å². The van der Waals surface area contributed by atoms with Gasteiger partial charge in [0.25, 0.3) is 5.91 Å². The molecule has 1 aromatic heterocycles. The van der Waals surface area contributed by atoms with Crippen molar-refractivity contribution >= 4 is 11.5 Å². The third kappa shape index (κ3) is 3.47. The molecule has 0 aliphatic carbocycles. The summed E-state index contributed by atoms with van der Waals surface area (Å²) >= 11 is 0. The van der Waals surface area contributed by atoms with Crippen LogP contribution in [0.2, 0.25) is 0 Å². The number of nitrogens with zero attached hydrogens (tertiary/aromatic N) is 1. The minimum atomic E-state index is -0.123. The first-order chi connectivity index (χ1) is 7.65. The fraction of sp³-hybridized carbons (Fsp3) is 0.333. The van der Waals surface area contributed by atoms with Crippen LogP contribution in [0.3, 0.4) is 0 Å². The molecule has 1 N–H and O–H groups in total. The van der Waals surface area contributed by atoms with Crippen LogP contribution < -0.4 is 5.32 Å². The molecule has 4 heteroatoms. The second kappa shape index (κ2) is 6.02. The summed E-state index contributed by atoms with van der Waals surface area (Å²) in [6.07, 6.45) is 1.61. The van der Waals surface area contributed by atoms with E-state index in [0.717, 1.165) is 11.3 Å². The lowest BCUT2D eigenvalue weighted by Crippen LogP contribution is -2.27. The Labute approximate surface area is 95.3 Å². The molecule has 1 rings (SSSR count). The van der Waals surface area contributed by atoms with Gasteiger partial charge < -0.3 is 10.1 Å². The summed E-state index contributed by atoms with van der Waals surface area (Å²) in [7, 11) is 1.60. The molecule has 0 unspecified atom stereocenters. The number of carbonyl (C=O) groups excluding carboxylic acids is 1. The molecular weight excluding hydrogens is 204 g/mol. The van der Waals surface area contributed by atoms with Gasteiger partial charge in [-0.15, -0.1) is 0 Å². The Kier molecular flexibility index (Phi) is 4.66. The average Bonchev–Trinajstić information content (AvgIpc) is 2.29. The Bertz CT molecular complexity index is 388. The van der Waals surface area contributed by atoms with E-state index in [1.165, 1.54) is 0 Å². The Hall–Kier alpha value is -1.68. The summed E-state index contributed by atoms with van der Waals surface area (Å²) in [5, 5.41) is 2.74. The monoisotopic (exact) mass is 220 g/mol. The highest BCUT2D eigenvalue weighted by atomic mass is 16.5. The van der Waals surface area contributed by atoms with E-state index in [1.807, 2.05) is 6.92 Å². The zero-order chi connectivity index (χ0) is 12.0. The molecule has 0 bridgehead atoms. The number of pyridine rings is 1. The van der Waals surface area contributed by atoms with Crippen molar-refractivity contribution in [3.63, 3.8) is 0 Å². The van der Waals surface area contributed by atoms with Gasteiger partial charge in [-0.3, -0.25) is 9.78 Å². The van der Waals surface area contributed by atoms with E-state index < -0.39 is 0 Å². The molecule has 1 amide bonds. The maximum Gasteiger partial charge on any atom is 0.251 e. The first-order valence-corrected chi connectivity index (χ1v) is 5.04. The van der Waals surface area contributed by atoms with E-state index in [2.05, 4.69) is 16.9 Å². The van der Waals surface area contributed by atoms with Gasteiger partial charge in [-0.2, -0.15) is 0 Å². The molecule has 1 heterocycles. The van der Waals surface area contributed by atoms with Gasteiger partial charge in [-0.25, -0.2) is 0 Å². The van der Waals surface area contributed by atoms with Gasteiger partial charge in [-0.05, 0) is 24.6 Å². The van der Waals surface area contributed by atoms with Crippen LogP contribution in [0.1, 0.15) is 23.0 Å². The highest BCUT2D eigenvalue weighted by Gasteiger charge is 2.06. The van der Waals surface area contributed by atoms with E-state index >= 15 is 0 Å². The minimum absolute atomic E-state index is 0.123. The van der Waals surface area contributed by atoms with Crippen molar-refractivity contribution in [2.45, 2.75) is 6.92 Å². The average molecular weight is 220 g/mol. The molecule has 0 aliphatic heterocycles. The van der Waals surface area contributed by atoms with Crippen molar-refractivity contribution in [1.82, 2.24) is 10.3 Å². The predicted molar refractivity (Wildman–Crippen MR) is 63.2 cm³/mol. The van der Waals surface area contributed by atoms with Gasteiger partial charge in [0, 0.05) is 25.4 Å². The van der Waals surface area contributed by atoms with Gasteiger partial charge in [0.15, 0.2) is 0 Å². The van der Waals surface area contributed by atoms with E-state index in [1.54, 1.807) is 25.4 Å². The van der Waals surface area contributed by atoms with Gasteiger partial charge in [0.2, 0.25) is 0 Å². The number of aromatic nitrogens is 1. The molecule has 0 aliphatic rings. The third-order valence-corrected chi connectivity index (χ3v) is 2.05. The number of amides is 1. The summed E-state index contributed by atoms with van der Waals surface area (Å²) in [4.78, 5) is 15.8. The molecule has 1 aromatic rings. The van der Waals surface area contributed by atoms with Crippen molar-refractivity contribution in [1.29, 1.82) is 0 Å². The summed E-state index contributed by atoms with van der Waals surface area (Å²) < 4.78 is 4.85. The number of allylic oxidation sites excluding steroid dienone is 1. The normalized spacial score (nSPS) is 9.88. The fourth-order valence-electron chi connectivity index (χ4n) is 1.17. The topological polar surface area (TPSA) is 51.2 Å². The zero-order valence-electron chi connectivity index (χ0n) is 9.62. The van der Waals surface area contributed by atoms with E-state index in [9.17, 15) is 4.79 Å². The molecule has 0 radical (unpaired) electrons. The van der Waals surface area contributed by atoms with Gasteiger partial charge in [0.05, 0.1) is 12.3 Å². The first-order valence-electron chi connectivity index (χ1n) is 5.04. The standard InChI is InChI=1S/C12H16N2O2/c1-9(2)11-8-10(4-5-13-11)12(15)14-6-7-16-3/h4-5,8H,1,6-7H2,2-3H3,(H,14,15). The van der Waals surface area contributed by atoms with Crippen LogP contribution in [0.4, 0.5) is 0 Å². The maximum absolute atomic E-state index is 11.7. The second-order valence-corrected chi connectivity index (χ2v) is 3.46. The Balaban J connectivity index is 2.68. The molecule has 0 saturated carbocycles. The Morgan fingerprint density at radius 2 is 2.38 bits per heavy atom. The third-order valence-electron chi connectivity index (χ3n) is 2.05. The quantitative estimate of drug-likeness (QED) is 0.765. The van der Waals surface area contributed by atoms with Crippen molar-refractivity contribution < 1.29 is 9.53 Å². The second-order valence-electron chi connectivity index (χ2n) is 3.46.